The second-order valence-corrected chi connectivity index (χ2v) is 5.02. The molecule has 2 aromatic rings. The third kappa shape index (κ3) is 3.61. The highest BCUT2D eigenvalue weighted by Gasteiger charge is 2.18. The molecule has 0 unspecified atom stereocenters. The van der Waals surface area contributed by atoms with Gasteiger partial charge in [0.15, 0.2) is 0 Å². The van der Waals surface area contributed by atoms with Gasteiger partial charge < -0.3 is 4.90 Å². The van der Waals surface area contributed by atoms with Crippen LogP contribution in [0.25, 0.3) is 0 Å². The smallest absolute Gasteiger partial charge is 0.278 e. The van der Waals surface area contributed by atoms with E-state index in [0.29, 0.717) is 18.8 Å². The van der Waals surface area contributed by atoms with Crippen molar-refractivity contribution in [3.63, 3.8) is 0 Å². The Kier molecular flexibility index (Phi) is 5.47. The lowest BCUT2D eigenvalue weighted by atomic mass is 10.2. The maximum absolute atomic E-state index is 12.7. The van der Waals surface area contributed by atoms with Crippen molar-refractivity contribution in [1.82, 2.24) is 9.78 Å². The first kappa shape index (κ1) is 15.9. The molecule has 1 amide bonds. The topological polar surface area (TPSA) is 55.2 Å². The molecule has 1 aromatic carbocycles. The minimum absolute atomic E-state index is 0.173. The zero-order chi connectivity index (χ0) is 15.9. The molecule has 0 atom stereocenters. The zero-order valence-electron chi connectivity index (χ0n) is 13.0. The predicted molar refractivity (Wildman–Crippen MR) is 87.2 cm³/mol. The first-order chi connectivity index (χ1) is 10.7. The van der Waals surface area contributed by atoms with E-state index >= 15 is 0 Å². The molecule has 1 heterocycles. The number of aryl methyl sites for hydroxylation is 1. The molecule has 0 spiro atoms. The van der Waals surface area contributed by atoms with Crippen molar-refractivity contribution in [3.05, 3.63) is 58.5 Å². The molecule has 116 valence electrons. The molecule has 22 heavy (non-hydrogen) atoms. The van der Waals surface area contributed by atoms with E-state index in [9.17, 15) is 9.59 Å². The molecule has 2 rings (SSSR count). The molecular formula is C17H21N3O2. The lowest BCUT2D eigenvalue weighted by molar-refractivity contribution is 0.0981. The summed E-state index contributed by atoms with van der Waals surface area (Å²) >= 11 is 0. The van der Waals surface area contributed by atoms with Gasteiger partial charge in [0.25, 0.3) is 11.5 Å². The average Bonchev–Trinajstić information content (AvgIpc) is 2.55. The standard InChI is InChI=1S/C17H21N3O2/c1-3-5-13-20-16(21)12-11-15(18-20)17(22)19(4-2)14-9-7-6-8-10-14/h6-12H,3-5,13H2,1-2H3. The fourth-order valence-corrected chi connectivity index (χ4v) is 2.22. The van der Waals surface area contributed by atoms with E-state index < -0.39 is 0 Å². The summed E-state index contributed by atoms with van der Waals surface area (Å²) in [6.45, 7) is 5.04. The Labute approximate surface area is 130 Å². The molecule has 0 fully saturated rings. The number of para-hydroxylation sites is 1. The second kappa shape index (κ2) is 7.54. The second-order valence-electron chi connectivity index (χ2n) is 5.02. The van der Waals surface area contributed by atoms with Crippen LogP contribution in [0.3, 0.4) is 0 Å². The van der Waals surface area contributed by atoms with Crippen molar-refractivity contribution in [2.75, 3.05) is 11.4 Å². The SMILES string of the molecule is CCCCn1nc(C(=O)N(CC)c2ccccc2)ccc1=O. The summed E-state index contributed by atoms with van der Waals surface area (Å²) in [6, 6.07) is 12.4. The number of hydrogen-bond donors (Lipinski definition) is 0. The van der Waals surface area contributed by atoms with Crippen molar-refractivity contribution < 1.29 is 4.79 Å². The summed E-state index contributed by atoms with van der Waals surface area (Å²) in [5.74, 6) is -0.195. The molecular weight excluding hydrogens is 278 g/mol. The van der Waals surface area contributed by atoms with Crippen LogP contribution in [0, 0.1) is 0 Å². The Hall–Kier alpha value is -2.43. The first-order valence-electron chi connectivity index (χ1n) is 7.62. The summed E-state index contributed by atoms with van der Waals surface area (Å²) in [6.07, 6.45) is 1.83. The number of rotatable bonds is 6. The molecule has 0 radical (unpaired) electrons. The van der Waals surface area contributed by atoms with Crippen molar-refractivity contribution in [1.29, 1.82) is 0 Å². The lowest BCUT2D eigenvalue weighted by Crippen LogP contribution is -2.33. The molecule has 5 nitrogen and oxygen atoms in total. The minimum atomic E-state index is -0.195. The van der Waals surface area contributed by atoms with Gasteiger partial charge in [-0.2, -0.15) is 5.10 Å². The number of carbonyl (C=O) groups is 1. The number of amides is 1. The highest BCUT2D eigenvalue weighted by atomic mass is 16.2. The third-order valence-corrected chi connectivity index (χ3v) is 3.44. The van der Waals surface area contributed by atoms with Crippen LogP contribution >= 0.6 is 0 Å². The molecule has 5 heteroatoms. The Morgan fingerprint density at radius 2 is 1.86 bits per heavy atom. The van der Waals surface area contributed by atoms with Crippen LogP contribution < -0.4 is 10.5 Å². The van der Waals surface area contributed by atoms with Crippen molar-refractivity contribution in [3.8, 4) is 0 Å². The highest BCUT2D eigenvalue weighted by molar-refractivity contribution is 6.04. The highest BCUT2D eigenvalue weighted by Crippen LogP contribution is 2.15. The van der Waals surface area contributed by atoms with Crippen molar-refractivity contribution >= 4 is 11.6 Å². The predicted octanol–water partition coefficient (Wildman–Crippen LogP) is 2.71. The van der Waals surface area contributed by atoms with Gasteiger partial charge in [0.05, 0.1) is 0 Å². The monoisotopic (exact) mass is 299 g/mol. The lowest BCUT2D eigenvalue weighted by Gasteiger charge is -2.20. The van der Waals surface area contributed by atoms with E-state index in [-0.39, 0.29) is 11.5 Å². The van der Waals surface area contributed by atoms with E-state index in [1.807, 2.05) is 44.2 Å². The molecule has 0 aliphatic heterocycles. The normalized spacial score (nSPS) is 10.5. The van der Waals surface area contributed by atoms with Crippen LogP contribution in [0.4, 0.5) is 5.69 Å². The first-order valence-corrected chi connectivity index (χ1v) is 7.62. The summed E-state index contributed by atoms with van der Waals surface area (Å²) in [5, 5.41) is 4.22. The fraction of sp³-hybridized carbons (Fsp3) is 0.353. The number of aromatic nitrogens is 2. The number of nitrogens with zero attached hydrogens (tertiary/aromatic N) is 3. The molecule has 1 aromatic heterocycles. The van der Waals surface area contributed by atoms with E-state index in [1.54, 1.807) is 4.90 Å². The molecule has 0 N–H and O–H groups in total. The summed E-state index contributed by atoms with van der Waals surface area (Å²) in [4.78, 5) is 26.1. The van der Waals surface area contributed by atoms with Crippen LogP contribution in [0.1, 0.15) is 37.2 Å². The molecule has 0 aliphatic carbocycles. The maximum Gasteiger partial charge on any atom is 0.278 e. The molecule has 0 saturated heterocycles. The van der Waals surface area contributed by atoms with Gasteiger partial charge in [-0.3, -0.25) is 9.59 Å². The van der Waals surface area contributed by atoms with Gasteiger partial charge in [0, 0.05) is 24.8 Å². The van der Waals surface area contributed by atoms with E-state index in [1.165, 1.54) is 16.8 Å². The van der Waals surface area contributed by atoms with Gasteiger partial charge in [0.2, 0.25) is 0 Å². The molecule has 0 saturated carbocycles. The molecule has 0 aliphatic rings. The summed E-state index contributed by atoms with van der Waals surface area (Å²) in [5.41, 5.74) is 0.942. The number of hydrogen-bond acceptors (Lipinski definition) is 3. The Balaban J connectivity index is 2.30. The Bertz CT molecular complexity index is 680. The van der Waals surface area contributed by atoms with Crippen LogP contribution in [-0.4, -0.2) is 22.2 Å². The van der Waals surface area contributed by atoms with Crippen LogP contribution in [0.2, 0.25) is 0 Å². The van der Waals surface area contributed by atoms with Crippen LogP contribution in [0.5, 0.6) is 0 Å². The van der Waals surface area contributed by atoms with Gasteiger partial charge in [-0.25, -0.2) is 4.68 Å². The van der Waals surface area contributed by atoms with Crippen molar-refractivity contribution in [2.45, 2.75) is 33.2 Å². The van der Waals surface area contributed by atoms with E-state index in [4.69, 9.17) is 0 Å². The van der Waals surface area contributed by atoms with Crippen LogP contribution in [-0.2, 0) is 6.54 Å². The van der Waals surface area contributed by atoms with E-state index in [2.05, 4.69) is 5.10 Å². The number of benzene rings is 1. The van der Waals surface area contributed by atoms with E-state index in [0.717, 1.165) is 18.5 Å². The quantitative estimate of drug-likeness (QED) is 0.824. The van der Waals surface area contributed by atoms with Crippen molar-refractivity contribution in [2.24, 2.45) is 0 Å². The largest absolute Gasteiger partial charge is 0.307 e. The third-order valence-electron chi connectivity index (χ3n) is 3.44. The van der Waals surface area contributed by atoms with Gasteiger partial charge in [-0.15, -0.1) is 0 Å². The Morgan fingerprint density at radius 3 is 2.50 bits per heavy atom. The zero-order valence-corrected chi connectivity index (χ0v) is 13.0. The summed E-state index contributed by atoms with van der Waals surface area (Å²) in [7, 11) is 0. The van der Waals surface area contributed by atoms with Gasteiger partial charge >= 0.3 is 0 Å². The average molecular weight is 299 g/mol. The fourth-order valence-electron chi connectivity index (χ4n) is 2.22. The maximum atomic E-state index is 12.7. The molecule has 0 bridgehead atoms. The van der Waals surface area contributed by atoms with Gasteiger partial charge in [-0.05, 0) is 31.5 Å². The van der Waals surface area contributed by atoms with Gasteiger partial charge in [-0.1, -0.05) is 31.5 Å². The number of carbonyl (C=O) groups excluding carboxylic acids is 1. The summed E-state index contributed by atoms with van der Waals surface area (Å²) < 4.78 is 1.37. The number of anilines is 1. The van der Waals surface area contributed by atoms with Crippen LogP contribution in [0.15, 0.2) is 47.3 Å². The Morgan fingerprint density at radius 1 is 1.14 bits per heavy atom. The minimum Gasteiger partial charge on any atom is -0.307 e. The number of unbranched alkanes of at least 4 members (excludes halogenated alkanes) is 1. The van der Waals surface area contributed by atoms with Gasteiger partial charge in [0.1, 0.15) is 5.69 Å².